The van der Waals surface area contributed by atoms with Gasteiger partial charge in [0.2, 0.25) is 0 Å². The standard InChI is InChI=1S/C10H12F2O2/c1-2-14-10-7(3-4-13)5-8(11)6-9(10)12/h5-6,13H,2-4H2,1H3. The van der Waals surface area contributed by atoms with Gasteiger partial charge in [-0.05, 0) is 19.4 Å². The summed E-state index contributed by atoms with van der Waals surface area (Å²) in [7, 11) is 0. The van der Waals surface area contributed by atoms with E-state index < -0.39 is 11.6 Å². The monoisotopic (exact) mass is 202 g/mol. The lowest BCUT2D eigenvalue weighted by Crippen LogP contribution is -2.02. The molecule has 0 bridgehead atoms. The van der Waals surface area contributed by atoms with Gasteiger partial charge in [-0.15, -0.1) is 0 Å². The molecule has 0 atom stereocenters. The van der Waals surface area contributed by atoms with Crippen molar-refractivity contribution in [2.45, 2.75) is 13.3 Å². The summed E-state index contributed by atoms with van der Waals surface area (Å²) in [6, 6.07) is 1.94. The van der Waals surface area contributed by atoms with Crippen LogP contribution in [-0.2, 0) is 6.42 Å². The molecule has 1 N–H and O–H groups in total. The van der Waals surface area contributed by atoms with E-state index in [1.807, 2.05) is 0 Å². The van der Waals surface area contributed by atoms with Crippen LogP contribution in [0.5, 0.6) is 5.75 Å². The zero-order valence-corrected chi connectivity index (χ0v) is 7.89. The minimum Gasteiger partial charge on any atom is -0.491 e. The van der Waals surface area contributed by atoms with Crippen molar-refractivity contribution in [3.8, 4) is 5.75 Å². The van der Waals surface area contributed by atoms with Crippen molar-refractivity contribution in [2.24, 2.45) is 0 Å². The Bertz CT molecular complexity index is 313. The third kappa shape index (κ3) is 2.42. The van der Waals surface area contributed by atoms with Crippen LogP contribution in [-0.4, -0.2) is 18.3 Å². The van der Waals surface area contributed by atoms with E-state index in [9.17, 15) is 8.78 Å². The van der Waals surface area contributed by atoms with Gasteiger partial charge in [0, 0.05) is 18.2 Å². The molecule has 0 aliphatic carbocycles. The predicted molar refractivity (Wildman–Crippen MR) is 48.3 cm³/mol. The molecule has 14 heavy (non-hydrogen) atoms. The molecule has 0 spiro atoms. The molecule has 4 heteroatoms. The number of ether oxygens (including phenoxy) is 1. The van der Waals surface area contributed by atoms with Gasteiger partial charge in [-0.1, -0.05) is 0 Å². The fraction of sp³-hybridized carbons (Fsp3) is 0.400. The first-order valence-corrected chi connectivity index (χ1v) is 4.40. The molecule has 1 aromatic carbocycles. The fourth-order valence-electron chi connectivity index (χ4n) is 1.23. The Balaban J connectivity index is 3.07. The van der Waals surface area contributed by atoms with Gasteiger partial charge >= 0.3 is 0 Å². The van der Waals surface area contributed by atoms with Crippen molar-refractivity contribution in [3.63, 3.8) is 0 Å². The van der Waals surface area contributed by atoms with Crippen LogP contribution in [0.4, 0.5) is 8.78 Å². The first-order valence-electron chi connectivity index (χ1n) is 4.40. The van der Waals surface area contributed by atoms with Gasteiger partial charge in [-0.2, -0.15) is 0 Å². The van der Waals surface area contributed by atoms with Gasteiger partial charge in [0.15, 0.2) is 11.6 Å². The van der Waals surface area contributed by atoms with E-state index in [2.05, 4.69) is 0 Å². The highest BCUT2D eigenvalue weighted by Gasteiger charge is 2.11. The smallest absolute Gasteiger partial charge is 0.168 e. The Hall–Kier alpha value is -1.16. The number of hydrogen-bond donors (Lipinski definition) is 1. The molecule has 0 radical (unpaired) electrons. The number of aliphatic hydroxyl groups is 1. The summed E-state index contributed by atoms with van der Waals surface area (Å²) in [4.78, 5) is 0. The van der Waals surface area contributed by atoms with Crippen LogP contribution in [0.3, 0.4) is 0 Å². The normalized spacial score (nSPS) is 10.3. The van der Waals surface area contributed by atoms with Crippen molar-refractivity contribution < 1.29 is 18.6 Å². The molecular weight excluding hydrogens is 190 g/mol. The van der Waals surface area contributed by atoms with Crippen molar-refractivity contribution in [2.75, 3.05) is 13.2 Å². The number of aliphatic hydroxyl groups excluding tert-OH is 1. The highest BCUT2D eigenvalue weighted by atomic mass is 19.1. The summed E-state index contributed by atoms with van der Waals surface area (Å²) in [5.41, 5.74) is 0.354. The van der Waals surface area contributed by atoms with Crippen LogP contribution in [0.1, 0.15) is 12.5 Å². The van der Waals surface area contributed by atoms with E-state index in [-0.39, 0.29) is 18.8 Å². The van der Waals surface area contributed by atoms with Crippen LogP contribution in [0.25, 0.3) is 0 Å². The first kappa shape index (κ1) is 10.9. The molecule has 78 valence electrons. The number of benzene rings is 1. The highest BCUT2D eigenvalue weighted by Crippen LogP contribution is 2.24. The van der Waals surface area contributed by atoms with Gasteiger partial charge in [0.05, 0.1) is 6.61 Å². The summed E-state index contributed by atoms with van der Waals surface area (Å²) < 4.78 is 31.0. The van der Waals surface area contributed by atoms with Crippen molar-refractivity contribution in [3.05, 3.63) is 29.3 Å². The SMILES string of the molecule is CCOc1c(F)cc(F)cc1CCO. The third-order valence-electron chi connectivity index (χ3n) is 1.76. The molecule has 0 saturated heterocycles. The van der Waals surface area contributed by atoms with Crippen molar-refractivity contribution >= 4 is 0 Å². The van der Waals surface area contributed by atoms with E-state index in [1.54, 1.807) is 6.92 Å². The zero-order valence-electron chi connectivity index (χ0n) is 7.89. The van der Waals surface area contributed by atoms with E-state index in [0.29, 0.717) is 12.2 Å². The Labute approximate surface area is 81.1 Å². The van der Waals surface area contributed by atoms with Crippen molar-refractivity contribution in [1.29, 1.82) is 0 Å². The molecule has 0 saturated carbocycles. The molecule has 2 nitrogen and oxygen atoms in total. The lowest BCUT2D eigenvalue weighted by molar-refractivity contribution is 0.287. The predicted octanol–water partition coefficient (Wildman–Crippen LogP) is 1.90. The second kappa shape index (κ2) is 4.91. The molecule has 0 unspecified atom stereocenters. The molecule has 1 rings (SSSR count). The zero-order chi connectivity index (χ0) is 10.6. The molecule has 0 aliphatic rings. The molecule has 0 amide bonds. The molecule has 1 aromatic rings. The Morgan fingerprint density at radius 1 is 1.36 bits per heavy atom. The summed E-state index contributed by atoms with van der Waals surface area (Å²) in [6.45, 7) is 1.86. The minimum absolute atomic E-state index is 0.0305. The maximum absolute atomic E-state index is 13.2. The summed E-state index contributed by atoms with van der Waals surface area (Å²) in [5.74, 6) is -1.35. The van der Waals surface area contributed by atoms with Gasteiger partial charge < -0.3 is 9.84 Å². The second-order valence-corrected chi connectivity index (χ2v) is 2.78. The van der Waals surface area contributed by atoms with Gasteiger partial charge in [-0.25, -0.2) is 8.78 Å². The Kier molecular flexibility index (Phi) is 3.83. The third-order valence-corrected chi connectivity index (χ3v) is 1.76. The first-order chi connectivity index (χ1) is 6.69. The van der Waals surface area contributed by atoms with Crippen LogP contribution in [0.2, 0.25) is 0 Å². The summed E-state index contributed by atoms with van der Waals surface area (Å²) in [6.07, 6.45) is 0.185. The Morgan fingerprint density at radius 2 is 2.07 bits per heavy atom. The summed E-state index contributed by atoms with van der Waals surface area (Å²) in [5, 5.41) is 8.69. The van der Waals surface area contributed by atoms with Crippen LogP contribution < -0.4 is 4.74 Å². The van der Waals surface area contributed by atoms with E-state index in [1.165, 1.54) is 6.07 Å². The fourth-order valence-corrected chi connectivity index (χ4v) is 1.23. The Morgan fingerprint density at radius 3 is 2.64 bits per heavy atom. The lowest BCUT2D eigenvalue weighted by Gasteiger charge is -2.10. The van der Waals surface area contributed by atoms with Crippen molar-refractivity contribution in [1.82, 2.24) is 0 Å². The highest BCUT2D eigenvalue weighted by molar-refractivity contribution is 5.35. The van der Waals surface area contributed by atoms with Gasteiger partial charge in [0.1, 0.15) is 5.82 Å². The largest absolute Gasteiger partial charge is 0.491 e. The molecule has 0 fully saturated rings. The van der Waals surface area contributed by atoms with E-state index in [4.69, 9.17) is 9.84 Å². The maximum Gasteiger partial charge on any atom is 0.168 e. The molecule has 0 heterocycles. The van der Waals surface area contributed by atoms with E-state index in [0.717, 1.165) is 6.07 Å². The van der Waals surface area contributed by atoms with Crippen LogP contribution in [0.15, 0.2) is 12.1 Å². The van der Waals surface area contributed by atoms with E-state index >= 15 is 0 Å². The van der Waals surface area contributed by atoms with Gasteiger partial charge in [0.25, 0.3) is 0 Å². The van der Waals surface area contributed by atoms with Crippen LogP contribution in [0, 0.1) is 11.6 Å². The van der Waals surface area contributed by atoms with Crippen LogP contribution >= 0.6 is 0 Å². The molecule has 0 aliphatic heterocycles. The molecule has 0 aromatic heterocycles. The quantitative estimate of drug-likeness (QED) is 0.808. The maximum atomic E-state index is 13.2. The number of hydrogen-bond acceptors (Lipinski definition) is 2. The second-order valence-electron chi connectivity index (χ2n) is 2.78. The summed E-state index contributed by atoms with van der Waals surface area (Å²) >= 11 is 0. The lowest BCUT2D eigenvalue weighted by atomic mass is 10.1. The minimum atomic E-state index is -0.727. The topological polar surface area (TPSA) is 29.5 Å². The number of halogens is 2. The number of rotatable bonds is 4. The average Bonchev–Trinajstić information content (AvgIpc) is 2.11. The molecular formula is C10H12F2O2. The average molecular weight is 202 g/mol. The van der Waals surface area contributed by atoms with Gasteiger partial charge in [-0.3, -0.25) is 0 Å².